The van der Waals surface area contributed by atoms with Gasteiger partial charge in [0, 0.05) is 0 Å². The van der Waals surface area contributed by atoms with Gasteiger partial charge in [-0.1, -0.05) is 182 Å². The van der Waals surface area contributed by atoms with Crippen LogP contribution >= 0.6 is 0 Å². The molecule has 0 nitrogen and oxygen atoms in total. The number of hydrogen-bond acceptors (Lipinski definition) is 0. The van der Waals surface area contributed by atoms with Crippen molar-refractivity contribution >= 4 is 0 Å². The molecule has 0 N–H and O–H groups in total. The number of rotatable bonds is 6. The molecule has 0 fully saturated rings. The molecule has 0 radical (unpaired) electrons. The smallest absolute Gasteiger partial charge is 0.00990 e. The molecule has 0 spiro atoms. The van der Waals surface area contributed by atoms with Crippen LogP contribution in [0, 0.1) is 0 Å². The molecule has 0 aliphatic heterocycles. The van der Waals surface area contributed by atoms with E-state index in [2.05, 4.69) is 182 Å². The van der Waals surface area contributed by atoms with Crippen LogP contribution in [0.3, 0.4) is 0 Å². The first-order chi connectivity index (χ1) is 20.9. The van der Waals surface area contributed by atoms with Gasteiger partial charge in [-0.05, 0) is 66.8 Å². The van der Waals surface area contributed by atoms with Crippen LogP contribution in [0.1, 0.15) is 0 Å². The fraction of sp³-hybridized carbons (Fsp3) is 0. The van der Waals surface area contributed by atoms with Crippen LogP contribution in [-0.4, -0.2) is 0 Å². The summed E-state index contributed by atoms with van der Waals surface area (Å²) in [6.07, 6.45) is 0. The minimum absolute atomic E-state index is 1.22. The van der Waals surface area contributed by atoms with Gasteiger partial charge in [-0.15, -0.1) is 0 Å². The van der Waals surface area contributed by atoms with E-state index in [1.165, 1.54) is 66.8 Å². The minimum Gasteiger partial charge on any atom is -0.0622 e. The van der Waals surface area contributed by atoms with Crippen LogP contribution in [-0.2, 0) is 0 Å². The zero-order valence-electron chi connectivity index (χ0n) is 23.3. The number of hydrogen-bond donors (Lipinski definition) is 0. The first kappa shape index (κ1) is 25.5. The van der Waals surface area contributed by atoms with Gasteiger partial charge in [-0.3, -0.25) is 0 Å². The monoisotopic (exact) mass is 534 g/mol. The minimum atomic E-state index is 1.22. The lowest BCUT2D eigenvalue weighted by Gasteiger charge is -2.19. The van der Waals surface area contributed by atoms with Crippen molar-refractivity contribution in [1.82, 2.24) is 0 Å². The Morgan fingerprint density at radius 3 is 0.548 bits per heavy atom. The van der Waals surface area contributed by atoms with Gasteiger partial charge in [-0.2, -0.15) is 0 Å². The Morgan fingerprint density at radius 1 is 0.143 bits per heavy atom. The second kappa shape index (κ2) is 11.6. The van der Waals surface area contributed by atoms with Crippen molar-refractivity contribution in [1.29, 1.82) is 0 Å². The summed E-state index contributed by atoms with van der Waals surface area (Å²) in [5.74, 6) is 0. The molecule has 7 aromatic rings. The second-order valence-electron chi connectivity index (χ2n) is 10.5. The summed E-state index contributed by atoms with van der Waals surface area (Å²) >= 11 is 0. The Hall–Kier alpha value is -5.46. The Balaban J connectivity index is 1.42. The summed E-state index contributed by atoms with van der Waals surface area (Å²) in [4.78, 5) is 0. The summed E-state index contributed by atoms with van der Waals surface area (Å²) in [6.45, 7) is 0. The molecule has 0 aliphatic carbocycles. The molecule has 198 valence electrons. The van der Waals surface area contributed by atoms with Gasteiger partial charge in [0.15, 0.2) is 0 Å². The average Bonchev–Trinajstić information content (AvgIpc) is 3.09. The van der Waals surface area contributed by atoms with E-state index in [1.54, 1.807) is 0 Å². The summed E-state index contributed by atoms with van der Waals surface area (Å²) < 4.78 is 0. The van der Waals surface area contributed by atoms with E-state index in [1.807, 2.05) is 0 Å². The van der Waals surface area contributed by atoms with Crippen molar-refractivity contribution in [2.45, 2.75) is 0 Å². The van der Waals surface area contributed by atoms with Crippen molar-refractivity contribution in [3.63, 3.8) is 0 Å². The van der Waals surface area contributed by atoms with Gasteiger partial charge in [0.25, 0.3) is 0 Å². The molecule has 0 aliphatic rings. The predicted molar refractivity (Wildman–Crippen MR) is 179 cm³/mol. The molecule has 7 aromatic carbocycles. The van der Waals surface area contributed by atoms with Crippen LogP contribution in [0.15, 0.2) is 182 Å². The zero-order chi connectivity index (χ0) is 28.1. The highest BCUT2D eigenvalue weighted by molar-refractivity contribution is 5.99. The molecular weight excluding hydrogens is 504 g/mol. The molecule has 0 bridgehead atoms. The summed E-state index contributed by atoms with van der Waals surface area (Å²) in [6, 6.07) is 65.3. The van der Waals surface area contributed by atoms with E-state index in [-0.39, 0.29) is 0 Å². The molecule has 42 heavy (non-hydrogen) atoms. The van der Waals surface area contributed by atoms with Crippen LogP contribution in [0.4, 0.5) is 0 Å². The lowest BCUT2D eigenvalue weighted by atomic mass is 9.84. The third kappa shape index (κ3) is 4.85. The van der Waals surface area contributed by atoms with Crippen molar-refractivity contribution in [2.75, 3.05) is 0 Å². The van der Waals surface area contributed by atoms with Crippen molar-refractivity contribution in [3.8, 4) is 66.8 Å². The van der Waals surface area contributed by atoms with Crippen LogP contribution < -0.4 is 0 Å². The molecule has 0 saturated heterocycles. The largest absolute Gasteiger partial charge is 0.0622 e. The van der Waals surface area contributed by atoms with Crippen molar-refractivity contribution in [3.05, 3.63) is 182 Å². The topological polar surface area (TPSA) is 0 Å². The standard InChI is InChI=1S/C42H30/c1-3-17-31(18-4-1)33-21-7-9-23-35(33)37-25-11-13-27-39(37)41-29-15-16-30-42(41)40-28-14-12-26-38(40)36-24-10-8-22-34(36)32-19-5-2-6-20-32/h1-30H. The van der Waals surface area contributed by atoms with E-state index in [0.717, 1.165) is 0 Å². The van der Waals surface area contributed by atoms with Gasteiger partial charge in [0.05, 0.1) is 0 Å². The van der Waals surface area contributed by atoms with E-state index in [9.17, 15) is 0 Å². The quantitative estimate of drug-likeness (QED) is 0.199. The molecule has 0 unspecified atom stereocenters. The van der Waals surface area contributed by atoms with E-state index in [0.29, 0.717) is 0 Å². The van der Waals surface area contributed by atoms with E-state index >= 15 is 0 Å². The predicted octanol–water partition coefficient (Wildman–Crippen LogP) is 11.7. The van der Waals surface area contributed by atoms with Crippen molar-refractivity contribution < 1.29 is 0 Å². The van der Waals surface area contributed by atoms with Gasteiger partial charge in [0.1, 0.15) is 0 Å². The van der Waals surface area contributed by atoms with Gasteiger partial charge in [0.2, 0.25) is 0 Å². The highest BCUT2D eigenvalue weighted by Crippen LogP contribution is 2.44. The summed E-state index contributed by atoms with van der Waals surface area (Å²) in [5.41, 5.74) is 14.7. The molecule has 0 amide bonds. The maximum absolute atomic E-state index is 2.26. The second-order valence-corrected chi connectivity index (χ2v) is 10.5. The van der Waals surface area contributed by atoms with Crippen LogP contribution in [0.25, 0.3) is 66.8 Å². The maximum Gasteiger partial charge on any atom is -0.00990 e. The maximum atomic E-state index is 2.26. The first-order valence-electron chi connectivity index (χ1n) is 14.5. The van der Waals surface area contributed by atoms with Gasteiger partial charge in [-0.25, -0.2) is 0 Å². The Bertz CT molecular complexity index is 1820. The SMILES string of the molecule is c1ccc(-c2ccccc2-c2ccccc2-c2ccccc2-c2ccccc2-c2ccccc2-c2ccccc2)cc1. The Morgan fingerprint density at radius 2 is 0.310 bits per heavy atom. The highest BCUT2D eigenvalue weighted by Gasteiger charge is 2.18. The van der Waals surface area contributed by atoms with Crippen LogP contribution in [0.2, 0.25) is 0 Å². The van der Waals surface area contributed by atoms with E-state index < -0.39 is 0 Å². The molecule has 7 rings (SSSR count). The average molecular weight is 535 g/mol. The molecular formula is C42H30. The molecule has 0 aromatic heterocycles. The van der Waals surface area contributed by atoms with Gasteiger partial charge >= 0.3 is 0 Å². The molecule has 0 atom stereocenters. The molecule has 0 heterocycles. The van der Waals surface area contributed by atoms with Crippen LogP contribution in [0.5, 0.6) is 0 Å². The summed E-state index contributed by atoms with van der Waals surface area (Å²) in [5, 5.41) is 0. The molecule has 0 saturated carbocycles. The lowest BCUT2D eigenvalue weighted by molar-refractivity contribution is 1.54. The third-order valence-electron chi connectivity index (χ3n) is 7.97. The highest BCUT2D eigenvalue weighted by atomic mass is 14.2. The van der Waals surface area contributed by atoms with Crippen molar-refractivity contribution in [2.24, 2.45) is 0 Å². The Labute approximate surface area is 248 Å². The fourth-order valence-corrected chi connectivity index (χ4v) is 6.03. The molecule has 0 heteroatoms. The third-order valence-corrected chi connectivity index (χ3v) is 7.97. The van der Waals surface area contributed by atoms with E-state index in [4.69, 9.17) is 0 Å². The Kier molecular flexibility index (Phi) is 7.02. The normalized spacial score (nSPS) is 10.9. The lowest BCUT2D eigenvalue weighted by Crippen LogP contribution is -1.93. The number of benzene rings is 7. The summed E-state index contributed by atoms with van der Waals surface area (Å²) in [7, 11) is 0. The fourth-order valence-electron chi connectivity index (χ4n) is 6.03. The van der Waals surface area contributed by atoms with Gasteiger partial charge < -0.3 is 0 Å². The zero-order valence-corrected chi connectivity index (χ0v) is 23.3. The first-order valence-corrected chi connectivity index (χ1v) is 14.5.